The van der Waals surface area contributed by atoms with Crippen LogP contribution in [0.25, 0.3) is 11.1 Å². The van der Waals surface area contributed by atoms with Crippen molar-refractivity contribution in [3.05, 3.63) is 28.7 Å². The molecular formula is C14H18ClN3O3. The van der Waals surface area contributed by atoms with Gasteiger partial charge in [-0.2, -0.15) is 0 Å². The number of carbonyl (C=O) groups is 1. The number of amides is 1. The largest absolute Gasteiger partial charge is 0.419 e. The van der Waals surface area contributed by atoms with Gasteiger partial charge in [-0.1, -0.05) is 0 Å². The number of aryl methyl sites for hydroxylation is 1. The van der Waals surface area contributed by atoms with Gasteiger partial charge < -0.3 is 15.1 Å². The van der Waals surface area contributed by atoms with E-state index in [1.165, 1.54) is 17.4 Å². The Balaban J connectivity index is 0.00000161. The highest BCUT2D eigenvalue weighted by Gasteiger charge is 2.20. The lowest BCUT2D eigenvalue weighted by atomic mass is 10.3. The Labute approximate surface area is 127 Å². The maximum absolute atomic E-state index is 11.8. The Kier molecular flexibility index (Phi) is 4.69. The van der Waals surface area contributed by atoms with E-state index in [1.807, 2.05) is 0 Å². The Hall–Kier alpha value is -1.79. The number of anilines is 1. The van der Waals surface area contributed by atoms with Crippen LogP contribution in [-0.2, 0) is 11.8 Å². The summed E-state index contributed by atoms with van der Waals surface area (Å²) in [4.78, 5) is 23.1. The second-order valence-electron chi connectivity index (χ2n) is 5.23. The van der Waals surface area contributed by atoms with Crippen molar-refractivity contribution >= 4 is 35.1 Å². The summed E-state index contributed by atoms with van der Waals surface area (Å²) in [6.45, 7) is 1.20. The molecule has 2 aromatic rings. The molecule has 0 aliphatic heterocycles. The van der Waals surface area contributed by atoms with Gasteiger partial charge in [0.05, 0.1) is 12.1 Å². The van der Waals surface area contributed by atoms with Crippen LogP contribution in [0.1, 0.15) is 12.8 Å². The zero-order valence-electron chi connectivity index (χ0n) is 11.7. The quantitative estimate of drug-likeness (QED) is 0.877. The normalized spacial score (nSPS) is 14.0. The summed E-state index contributed by atoms with van der Waals surface area (Å²) < 4.78 is 6.51. The zero-order chi connectivity index (χ0) is 14.1. The molecule has 0 unspecified atom stereocenters. The fraction of sp³-hybridized carbons (Fsp3) is 0.429. The molecule has 1 saturated carbocycles. The number of halogens is 1. The van der Waals surface area contributed by atoms with Crippen molar-refractivity contribution in [1.82, 2.24) is 9.88 Å². The summed E-state index contributed by atoms with van der Waals surface area (Å²) in [5.74, 6) is 0.246. The molecule has 0 radical (unpaired) electrons. The lowest BCUT2D eigenvalue weighted by Gasteiger charge is -2.06. The first kappa shape index (κ1) is 15.6. The van der Waals surface area contributed by atoms with Gasteiger partial charge in [-0.3, -0.25) is 9.36 Å². The number of oxazole rings is 1. The number of fused-ring (bicyclic) bond motifs is 1. The Morgan fingerprint density at radius 2 is 2.19 bits per heavy atom. The van der Waals surface area contributed by atoms with Crippen LogP contribution in [0.15, 0.2) is 27.4 Å². The fourth-order valence-corrected chi connectivity index (χ4v) is 2.13. The van der Waals surface area contributed by atoms with Crippen molar-refractivity contribution in [2.45, 2.75) is 12.8 Å². The Morgan fingerprint density at radius 3 is 2.90 bits per heavy atom. The van der Waals surface area contributed by atoms with E-state index in [4.69, 9.17) is 4.42 Å². The SMILES string of the molecule is Cl.Cn1c(=O)oc2cc(NC(=O)CNCC3CC3)ccc21. The van der Waals surface area contributed by atoms with Gasteiger partial charge in [-0.05, 0) is 37.4 Å². The molecule has 7 heteroatoms. The minimum absolute atomic E-state index is 0. The molecule has 1 aromatic carbocycles. The number of hydrogen-bond donors (Lipinski definition) is 2. The monoisotopic (exact) mass is 311 g/mol. The van der Waals surface area contributed by atoms with Crippen LogP contribution in [0.4, 0.5) is 5.69 Å². The van der Waals surface area contributed by atoms with Crippen molar-refractivity contribution in [2.75, 3.05) is 18.4 Å². The third-order valence-corrected chi connectivity index (χ3v) is 3.49. The minimum Gasteiger partial charge on any atom is -0.408 e. The van der Waals surface area contributed by atoms with E-state index >= 15 is 0 Å². The van der Waals surface area contributed by atoms with Gasteiger partial charge in [0.2, 0.25) is 5.91 Å². The van der Waals surface area contributed by atoms with Gasteiger partial charge in [0.25, 0.3) is 0 Å². The summed E-state index contributed by atoms with van der Waals surface area (Å²) in [7, 11) is 1.65. The first-order valence-electron chi connectivity index (χ1n) is 6.73. The predicted octanol–water partition coefficient (Wildman–Crippen LogP) is 1.49. The summed E-state index contributed by atoms with van der Waals surface area (Å²) >= 11 is 0. The van der Waals surface area contributed by atoms with E-state index in [1.54, 1.807) is 25.2 Å². The van der Waals surface area contributed by atoms with E-state index in [-0.39, 0.29) is 18.3 Å². The average molecular weight is 312 g/mol. The predicted molar refractivity (Wildman–Crippen MR) is 82.9 cm³/mol. The number of nitrogens with one attached hydrogen (secondary N) is 2. The van der Waals surface area contributed by atoms with Gasteiger partial charge >= 0.3 is 5.76 Å². The van der Waals surface area contributed by atoms with E-state index in [9.17, 15) is 9.59 Å². The molecule has 114 valence electrons. The molecule has 6 nitrogen and oxygen atoms in total. The third kappa shape index (κ3) is 3.65. The Morgan fingerprint density at radius 1 is 1.43 bits per heavy atom. The molecule has 1 fully saturated rings. The van der Waals surface area contributed by atoms with Gasteiger partial charge in [0.15, 0.2) is 5.58 Å². The third-order valence-electron chi connectivity index (χ3n) is 3.49. The highest BCUT2D eigenvalue weighted by Crippen LogP contribution is 2.27. The molecule has 0 atom stereocenters. The lowest BCUT2D eigenvalue weighted by molar-refractivity contribution is -0.115. The van der Waals surface area contributed by atoms with Crippen LogP contribution in [0.2, 0.25) is 0 Å². The Bertz CT molecular complexity index is 703. The number of hydrogen-bond acceptors (Lipinski definition) is 4. The highest BCUT2D eigenvalue weighted by molar-refractivity contribution is 5.94. The molecule has 0 saturated heterocycles. The smallest absolute Gasteiger partial charge is 0.408 e. The van der Waals surface area contributed by atoms with E-state index in [0.717, 1.165) is 12.5 Å². The second kappa shape index (κ2) is 6.32. The first-order valence-corrected chi connectivity index (χ1v) is 6.73. The summed E-state index contributed by atoms with van der Waals surface area (Å²) in [5.41, 5.74) is 1.81. The number of aromatic nitrogens is 1. The molecular weight excluding hydrogens is 294 g/mol. The van der Waals surface area contributed by atoms with Crippen molar-refractivity contribution in [2.24, 2.45) is 13.0 Å². The molecule has 0 bridgehead atoms. The molecule has 1 aliphatic carbocycles. The van der Waals surface area contributed by atoms with Gasteiger partial charge in [0.1, 0.15) is 0 Å². The summed E-state index contributed by atoms with van der Waals surface area (Å²) in [6.07, 6.45) is 2.52. The van der Waals surface area contributed by atoms with E-state index in [0.29, 0.717) is 23.3 Å². The lowest BCUT2D eigenvalue weighted by Crippen LogP contribution is -2.29. The van der Waals surface area contributed by atoms with E-state index < -0.39 is 5.76 Å². The minimum atomic E-state index is -0.408. The molecule has 21 heavy (non-hydrogen) atoms. The molecule has 1 amide bonds. The highest BCUT2D eigenvalue weighted by atomic mass is 35.5. The molecule has 2 N–H and O–H groups in total. The van der Waals surface area contributed by atoms with Crippen LogP contribution in [0.3, 0.4) is 0 Å². The van der Waals surface area contributed by atoms with Crippen molar-refractivity contribution in [1.29, 1.82) is 0 Å². The standard InChI is InChI=1S/C14H17N3O3.ClH/c1-17-11-5-4-10(6-12(11)20-14(17)19)16-13(18)8-15-7-9-2-3-9;/h4-6,9,15H,2-3,7-8H2,1H3,(H,16,18);1H. The van der Waals surface area contributed by atoms with Crippen molar-refractivity contribution in [3.63, 3.8) is 0 Å². The zero-order valence-corrected chi connectivity index (χ0v) is 12.5. The molecule has 1 aromatic heterocycles. The number of carbonyl (C=O) groups excluding carboxylic acids is 1. The average Bonchev–Trinajstić information content (AvgIpc) is 3.18. The topological polar surface area (TPSA) is 76.3 Å². The van der Waals surface area contributed by atoms with E-state index in [2.05, 4.69) is 10.6 Å². The second-order valence-corrected chi connectivity index (χ2v) is 5.23. The number of rotatable bonds is 5. The fourth-order valence-electron chi connectivity index (χ4n) is 2.13. The van der Waals surface area contributed by atoms with Crippen LogP contribution in [0, 0.1) is 5.92 Å². The van der Waals surface area contributed by atoms with Gasteiger partial charge in [-0.15, -0.1) is 12.4 Å². The molecule has 0 spiro atoms. The molecule has 3 rings (SSSR count). The maximum atomic E-state index is 11.8. The van der Waals surface area contributed by atoms with Crippen LogP contribution < -0.4 is 16.4 Å². The van der Waals surface area contributed by atoms with Crippen LogP contribution >= 0.6 is 12.4 Å². The number of nitrogens with zero attached hydrogens (tertiary/aromatic N) is 1. The van der Waals surface area contributed by atoms with Crippen molar-refractivity contribution in [3.8, 4) is 0 Å². The summed E-state index contributed by atoms with van der Waals surface area (Å²) in [6, 6.07) is 5.18. The van der Waals surface area contributed by atoms with Crippen LogP contribution in [0.5, 0.6) is 0 Å². The van der Waals surface area contributed by atoms with Gasteiger partial charge in [-0.25, -0.2) is 4.79 Å². The van der Waals surface area contributed by atoms with Gasteiger partial charge in [0, 0.05) is 18.8 Å². The number of benzene rings is 1. The maximum Gasteiger partial charge on any atom is 0.419 e. The van der Waals surface area contributed by atoms with Crippen LogP contribution in [-0.4, -0.2) is 23.6 Å². The first-order chi connectivity index (χ1) is 9.63. The van der Waals surface area contributed by atoms with Crippen molar-refractivity contribution < 1.29 is 9.21 Å². The summed E-state index contributed by atoms with van der Waals surface area (Å²) in [5, 5.41) is 5.91. The molecule has 1 heterocycles. The molecule has 1 aliphatic rings.